The molecule has 0 saturated heterocycles. The van der Waals surface area contributed by atoms with Crippen LogP contribution < -0.4 is 10.1 Å². The standard InChI is InChI=1S/C17H17FN2O3/c18-12-3-5-13(6-4-12)23-14-7-8-15(19-11-14)20-16(21)17(22)9-1-2-10-17/h3-8,11,22H,1-2,9-10H2,(H,19,20,21). The molecule has 2 N–H and O–H groups in total. The predicted molar refractivity (Wildman–Crippen MR) is 82.8 cm³/mol. The Morgan fingerprint density at radius 2 is 1.78 bits per heavy atom. The van der Waals surface area contributed by atoms with E-state index in [9.17, 15) is 14.3 Å². The fourth-order valence-corrected chi connectivity index (χ4v) is 2.57. The van der Waals surface area contributed by atoms with Gasteiger partial charge in [-0.05, 0) is 62.1 Å². The van der Waals surface area contributed by atoms with Crippen molar-refractivity contribution in [1.82, 2.24) is 4.98 Å². The highest BCUT2D eigenvalue weighted by Crippen LogP contribution is 2.30. The van der Waals surface area contributed by atoms with Gasteiger partial charge in [-0.25, -0.2) is 9.37 Å². The molecule has 1 aromatic heterocycles. The van der Waals surface area contributed by atoms with Gasteiger partial charge in [0.05, 0.1) is 6.20 Å². The molecule has 120 valence electrons. The number of benzene rings is 1. The molecule has 1 aliphatic carbocycles. The second-order valence-electron chi connectivity index (χ2n) is 5.63. The second-order valence-corrected chi connectivity index (χ2v) is 5.63. The molecule has 0 aliphatic heterocycles. The molecule has 1 amide bonds. The molecule has 2 aromatic rings. The fourth-order valence-electron chi connectivity index (χ4n) is 2.57. The number of anilines is 1. The van der Waals surface area contributed by atoms with Gasteiger partial charge in [0.25, 0.3) is 5.91 Å². The first-order valence-corrected chi connectivity index (χ1v) is 7.48. The van der Waals surface area contributed by atoms with Gasteiger partial charge in [0.2, 0.25) is 0 Å². The van der Waals surface area contributed by atoms with Gasteiger partial charge in [-0.2, -0.15) is 0 Å². The lowest BCUT2D eigenvalue weighted by atomic mass is 10.0. The first-order chi connectivity index (χ1) is 11.0. The van der Waals surface area contributed by atoms with E-state index >= 15 is 0 Å². The van der Waals surface area contributed by atoms with Gasteiger partial charge in [-0.15, -0.1) is 0 Å². The third-order valence-electron chi connectivity index (χ3n) is 3.88. The normalized spacial score (nSPS) is 16.1. The summed E-state index contributed by atoms with van der Waals surface area (Å²) >= 11 is 0. The van der Waals surface area contributed by atoms with Crippen molar-refractivity contribution in [2.24, 2.45) is 0 Å². The lowest BCUT2D eigenvalue weighted by molar-refractivity contribution is -0.133. The fraction of sp³-hybridized carbons (Fsp3) is 0.294. The summed E-state index contributed by atoms with van der Waals surface area (Å²) in [5.74, 6) is 0.550. The summed E-state index contributed by atoms with van der Waals surface area (Å²) in [6, 6.07) is 8.88. The Kier molecular flexibility index (Phi) is 4.25. The van der Waals surface area contributed by atoms with E-state index < -0.39 is 11.5 Å². The van der Waals surface area contributed by atoms with Gasteiger partial charge in [-0.3, -0.25) is 4.79 Å². The zero-order valence-electron chi connectivity index (χ0n) is 12.5. The number of halogens is 1. The van der Waals surface area contributed by atoms with Gasteiger partial charge in [0, 0.05) is 0 Å². The summed E-state index contributed by atoms with van der Waals surface area (Å²) in [6.07, 6.45) is 4.11. The molecule has 1 saturated carbocycles. The molecule has 0 unspecified atom stereocenters. The van der Waals surface area contributed by atoms with E-state index in [0.717, 1.165) is 12.8 Å². The highest BCUT2D eigenvalue weighted by atomic mass is 19.1. The number of amides is 1. The van der Waals surface area contributed by atoms with Crippen molar-refractivity contribution in [2.45, 2.75) is 31.3 Å². The topological polar surface area (TPSA) is 71.5 Å². The average molecular weight is 316 g/mol. The lowest BCUT2D eigenvalue weighted by Gasteiger charge is -2.20. The van der Waals surface area contributed by atoms with Crippen LogP contribution in [0.3, 0.4) is 0 Å². The Balaban J connectivity index is 1.62. The maximum absolute atomic E-state index is 12.8. The molecule has 3 rings (SSSR count). The van der Waals surface area contributed by atoms with Crippen LogP contribution in [-0.2, 0) is 4.79 Å². The maximum Gasteiger partial charge on any atom is 0.257 e. The van der Waals surface area contributed by atoms with Crippen LogP contribution in [0.5, 0.6) is 11.5 Å². The van der Waals surface area contributed by atoms with E-state index in [4.69, 9.17) is 4.74 Å². The molecule has 6 heteroatoms. The van der Waals surface area contributed by atoms with Crippen molar-refractivity contribution >= 4 is 11.7 Å². The average Bonchev–Trinajstić information content (AvgIpc) is 3.00. The molecule has 1 heterocycles. The quantitative estimate of drug-likeness (QED) is 0.908. The Bertz CT molecular complexity index is 680. The number of pyridine rings is 1. The van der Waals surface area contributed by atoms with Crippen LogP contribution in [0.15, 0.2) is 42.6 Å². The van der Waals surface area contributed by atoms with Crippen molar-refractivity contribution in [1.29, 1.82) is 0 Å². The minimum absolute atomic E-state index is 0.335. The summed E-state index contributed by atoms with van der Waals surface area (Å²) in [5, 5.41) is 12.8. The Morgan fingerprint density at radius 1 is 1.13 bits per heavy atom. The SMILES string of the molecule is O=C(Nc1ccc(Oc2ccc(F)cc2)cn1)C1(O)CCCC1. The van der Waals surface area contributed by atoms with Crippen LogP contribution in [-0.4, -0.2) is 21.6 Å². The number of nitrogens with one attached hydrogen (secondary N) is 1. The van der Waals surface area contributed by atoms with Crippen LogP contribution >= 0.6 is 0 Å². The number of hydrogen-bond acceptors (Lipinski definition) is 4. The molecule has 23 heavy (non-hydrogen) atoms. The molecule has 0 spiro atoms. The van der Waals surface area contributed by atoms with E-state index in [0.29, 0.717) is 30.2 Å². The van der Waals surface area contributed by atoms with Crippen molar-refractivity contribution < 1.29 is 19.0 Å². The largest absolute Gasteiger partial charge is 0.456 e. The molecule has 1 aliphatic rings. The first kappa shape index (κ1) is 15.4. The number of aliphatic hydroxyl groups is 1. The maximum atomic E-state index is 12.8. The number of rotatable bonds is 4. The molecular formula is C17H17FN2O3. The lowest BCUT2D eigenvalue weighted by Crippen LogP contribution is -2.40. The first-order valence-electron chi connectivity index (χ1n) is 7.48. The Morgan fingerprint density at radius 3 is 2.39 bits per heavy atom. The molecule has 0 bridgehead atoms. The van der Waals surface area contributed by atoms with Crippen molar-refractivity contribution in [3.63, 3.8) is 0 Å². The number of ether oxygens (including phenoxy) is 1. The van der Waals surface area contributed by atoms with Crippen molar-refractivity contribution in [3.05, 3.63) is 48.4 Å². The number of aromatic nitrogens is 1. The highest BCUT2D eigenvalue weighted by molar-refractivity contribution is 5.96. The van der Waals surface area contributed by atoms with Crippen LogP contribution in [0.2, 0.25) is 0 Å². The summed E-state index contributed by atoms with van der Waals surface area (Å²) in [5.41, 5.74) is -1.29. The van der Waals surface area contributed by atoms with E-state index in [1.807, 2.05) is 0 Å². The van der Waals surface area contributed by atoms with Gasteiger partial charge >= 0.3 is 0 Å². The molecule has 0 radical (unpaired) electrons. The van der Waals surface area contributed by atoms with Crippen molar-refractivity contribution in [2.75, 3.05) is 5.32 Å². The number of carbonyl (C=O) groups is 1. The van der Waals surface area contributed by atoms with E-state index in [2.05, 4.69) is 10.3 Å². The minimum atomic E-state index is -1.29. The van der Waals surface area contributed by atoms with E-state index in [1.165, 1.54) is 30.5 Å². The third kappa shape index (κ3) is 3.65. The smallest absolute Gasteiger partial charge is 0.257 e. The van der Waals surface area contributed by atoms with E-state index in [-0.39, 0.29) is 5.82 Å². The molecular weight excluding hydrogens is 299 g/mol. The summed E-state index contributed by atoms with van der Waals surface area (Å²) in [7, 11) is 0. The summed E-state index contributed by atoms with van der Waals surface area (Å²) in [4.78, 5) is 16.2. The zero-order valence-corrected chi connectivity index (χ0v) is 12.5. The van der Waals surface area contributed by atoms with Gasteiger partial charge in [0.15, 0.2) is 0 Å². The van der Waals surface area contributed by atoms with Crippen LogP contribution in [0.25, 0.3) is 0 Å². The van der Waals surface area contributed by atoms with Gasteiger partial charge in [-0.1, -0.05) is 0 Å². The monoisotopic (exact) mass is 316 g/mol. The minimum Gasteiger partial charge on any atom is -0.456 e. The Labute approximate surface area is 133 Å². The van der Waals surface area contributed by atoms with Gasteiger partial charge in [0.1, 0.15) is 28.7 Å². The second kappa shape index (κ2) is 6.34. The summed E-state index contributed by atoms with van der Waals surface area (Å²) < 4.78 is 18.4. The van der Waals surface area contributed by atoms with Crippen molar-refractivity contribution in [3.8, 4) is 11.5 Å². The van der Waals surface area contributed by atoms with Crippen LogP contribution in [0.4, 0.5) is 10.2 Å². The molecule has 1 fully saturated rings. The molecule has 5 nitrogen and oxygen atoms in total. The van der Waals surface area contributed by atoms with Crippen LogP contribution in [0.1, 0.15) is 25.7 Å². The third-order valence-corrected chi connectivity index (χ3v) is 3.88. The Hall–Kier alpha value is -2.47. The number of hydrogen-bond donors (Lipinski definition) is 2. The van der Waals surface area contributed by atoms with E-state index in [1.54, 1.807) is 12.1 Å². The number of nitrogens with zero attached hydrogens (tertiary/aromatic N) is 1. The van der Waals surface area contributed by atoms with Crippen LogP contribution in [0, 0.1) is 5.82 Å². The molecule has 0 atom stereocenters. The predicted octanol–water partition coefficient (Wildman–Crippen LogP) is 3.26. The van der Waals surface area contributed by atoms with Gasteiger partial charge < -0.3 is 15.2 Å². The zero-order chi connectivity index (χ0) is 16.3. The summed E-state index contributed by atoms with van der Waals surface area (Å²) in [6.45, 7) is 0. The number of carbonyl (C=O) groups excluding carboxylic acids is 1. The highest BCUT2D eigenvalue weighted by Gasteiger charge is 2.38. The molecule has 1 aromatic carbocycles.